The maximum Gasteiger partial charge on any atom is 0.0792 e. The summed E-state index contributed by atoms with van der Waals surface area (Å²) in [5.41, 5.74) is 10.4. The molecule has 0 saturated heterocycles. The van der Waals surface area contributed by atoms with E-state index in [0.717, 1.165) is 12.1 Å². The van der Waals surface area contributed by atoms with Crippen molar-refractivity contribution in [2.75, 3.05) is 0 Å². The molecule has 138 valence electrons. The number of benzene rings is 3. The fraction of sp³-hybridized carbons (Fsp3) is 0.222. The van der Waals surface area contributed by atoms with Crippen LogP contribution in [0.4, 0.5) is 0 Å². The number of rotatable bonds is 1. The van der Waals surface area contributed by atoms with Crippen LogP contribution in [-0.2, 0) is 6.42 Å². The lowest BCUT2D eigenvalue weighted by Gasteiger charge is -2.20. The van der Waals surface area contributed by atoms with E-state index in [1.54, 1.807) is 0 Å². The number of aryl methyl sites for hydroxylation is 1. The molecule has 3 aromatic carbocycles. The number of nitrogens with zero attached hydrogens (tertiary/aromatic N) is 1. The molecule has 0 N–H and O–H groups in total. The minimum Gasteiger partial charge on any atom is -0.255 e. The molecular formula is C27H25N. The van der Waals surface area contributed by atoms with Crippen molar-refractivity contribution in [2.24, 2.45) is 5.41 Å². The molecule has 0 radical (unpaired) electrons. The Balaban J connectivity index is 1.90. The SMILES string of the molecule is Cc1cnc2c3c(cccc13)-c1ccc(CC(C)(C)C)cc1-c1ccccc1-2. The molecule has 5 rings (SSSR count). The first-order valence-corrected chi connectivity index (χ1v) is 10.0. The highest BCUT2D eigenvalue weighted by atomic mass is 14.7. The second-order valence-electron chi connectivity index (χ2n) is 9.18. The van der Waals surface area contributed by atoms with Crippen LogP contribution in [0.25, 0.3) is 44.3 Å². The molecular weight excluding hydrogens is 338 g/mol. The monoisotopic (exact) mass is 363 g/mol. The lowest BCUT2D eigenvalue weighted by atomic mass is 9.85. The van der Waals surface area contributed by atoms with E-state index in [1.165, 1.54) is 49.7 Å². The Labute approximate surface area is 167 Å². The summed E-state index contributed by atoms with van der Waals surface area (Å²) in [6.45, 7) is 9.06. The molecule has 1 aliphatic rings. The van der Waals surface area contributed by atoms with Crippen LogP contribution in [-0.4, -0.2) is 4.98 Å². The van der Waals surface area contributed by atoms with Crippen LogP contribution in [0.2, 0.25) is 0 Å². The minimum atomic E-state index is 0.264. The predicted octanol–water partition coefficient (Wildman–Crippen LogP) is 7.45. The first kappa shape index (κ1) is 17.2. The molecule has 0 aliphatic heterocycles. The molecule has 1 heteroatoms. The molecule has 28 heavy (non-hydrogen) atoms. The summed E-state index contributed by atoms with van der Waals surface area (Å²) >= 11 is 0. The zero-order chi connectivity index (χ0) is 19.5. The molecule has 1 nitrogen and oxygen atoms in total. The molecule has 0 bridgehead atoms. The van der Waals surface area contributed by atoms with E-state index in [-0.39, 0.29) is 5.41 Å². The van der Waals surface area contributed by atoms with Gasteiger partial charge >= 0.3 is 0 Å². The number of pyridine rings is 1. The third-order valence-corrected chi connectivity index (χ3v) is 5.69. The lowest BCUT2D eigenvalue weighted by Crippen LogP contribution is -2.09. The summed E-state index contributed by atoms with van der Waals surface area (Å²) in [6, 6.07) is 22.4. The molecule has 1 heterocycles. The van der Waals surface area contributed by atoms with Crippen molar-refractivity contribution in [2.45, 2.75) is 34.1 Å². The first-order valence-electron chi connectivity index (χ1n) is 10.0. The van der Waals surface area contributed by atoms with Crippen LogP contribution in [0.5, 0.6) is 0 Å². The van der Waals surface area contributed by atoms with Crippen molar-refractivity contribution in [1.82, 2.24) is 4.98 Å². The van der Waals surface area contributed by atoms with Gasteiger partial charge in [-0.3, -0.25) is 4.98 Å². The summed E-state index contributed by atoms with van der Waals surface area (Å²) in [6.07, 6.45) is 3.08. The van der Waals surface area contributed by atoms with E-state index in [9.17, 15) is 0 Å². The van der Waals surface area contributed by atoms with E-state index < -0.39 is 0 Å². The quantitative estimate of drug-likeness (QED) is 0.301. The van der Waals surface area contributed by atoms with E-state index in [0.29, 0.717) is 0 Å². The van der Waals surface area contributed by atoms with E-state index >= 15 is 0 Å². The Hall–Kier alpha value is -2.93. The van der Waals surface area contributed by atoms with Gasteiger partial charge in [0.15, 0.2) is 0 Å². The van der Waals surface area contributed by atoms with E-state index in [2.05, 4.69) is 88.4 Å². The van der Waals surface area contributed by atoms with Crippen LogP contribution >= 0.6 is 0 Å². The van der Waals surface area contributed by atoms with E-state index in [4.69, 9.17) is 4.98 Å². The van der Waals surface area contributed by atoms with Gasteiger partial charge in [0.25, 0.3) is 0 Å². The summed E-state index contributed by atoms with van der Waals surface area (Å²) < 4.78 is 0. The van der Waals surface area contributed by atoms with Gasteiger partial charge in [-0.15, -0.1) is 0 Å². The molecule has 0 fully saturated rings. The number of fused-ring (bicyclic) bond motifs is 5. The Kier molecular flexibility index (Phi) is 3.71. The van der Waals surface area contributed by atoms with Crippen LogP contribution in [0.3, 0.4) is 0 Å². The third-order valence-electron chi connectivity index (χ3n) is 5.69. The van der Waals surface area contributed by atoms with Gasteiger partial charge in [-0.05, 0) is 57.5 Å². The van der Waals surface area contributed by atoms with Gasteiger partial charge < -0.3 is 0 Å². The first-order chi connectivity index (χ1) is 13.4. The van der Waals surface area contributed by atoms with Gasteiger partial charge in [0.05, 0.1) is 5.69 Å². The van der Waals surface area contributed by atoms with Gasteiger partial charge in [-0.2, -0.15) is 0 Å². The number of aromatic nitrogens is 1. The third kappa shape index (κ3) is 2.65. The zero-order valence-electron chi connectivity index (χ0n) is 17.0. The molecule has 4 aromatic rings. The van der Waals surface area contributed by atoms with Crippen LogP contribution in [0, 0.1) is 12.3 Å². The zero-order valence-corrected chi connectivity index (χ0v) is 17.0. The van der Waals surface area contributed by atoms with Crippen molar-refractivity contribution >= 4 is 10.8 Å². The number of hydrogen-bond donors (Lipinski definition) is 0. The van der Waals surface area contributed by atoms with Crippen LogP contribution < -0.4 is 0 Å². The van der Waals surface area contributed by atoms with Crippen molar-refractivity contribution in [3.8, 4) is 33.5 Å². The Morgan fingerprint density at radius 3 is 2.25 bits per heavy atom. The molecule has 0 unspecified atom stereocenters. The molecule has 1 aromatic heterocycles. The Morgan fingerprint density at radius 2 is 1.46 bits per heavy atom. The lowest BCUT2D eigenvalue weighted by molar-refractivity contribution is 0.411. The van der Waals surface area contributed by atoms with Crippen molar-refractivity contribution in [3.63, 3.8) is 0 Å². The Bertz CT molecular complexity index is 1220. The maximum absolute atomic E-state index is 4.90. The molecule has 1 aliphatic carbocycles. The minimum absolute atomic E-state index is 0.264. The largest absolute Gasteiger partial charge is 0.255 e. The summed E-state index contributed by atoms with van der Waals surface area (Å²) in [7, 11) is 0. The second-order valence-corrected chi connectivity index (χ2v) is 9.18. The van der Waals surface area contributed by atoms with Crippen LogP contribution in [0.15, 0.2) is 66.9 Å². The smallest absolute Gasteiger partial charge is 0.0792 e. The highest BCUT2D eigenvalue weighted by Gasteiger charge is 2.23. The van der Waals surface area contributed by atoms with Crippen molar-refractivity contribution in [3.05, 3.63) is 78.0 Å². The normalized spacial score (nSPS) is 12.4. The molecule has 0 spiro atoms. The van der Waals surface area contributed by atoms with Gasteiger partial charge in [0.1, 0.15) is 0 Å². The summed E-state index contributed by atoms with van der Waals surface area (Å²) in [5.74, 6) is 0. The van der Waals surface area contributed by atoms with E-state index in [1.807, 2.05) is 6.20 Å². The average Bonchev–Trinajstić information content (AvgIpc) is 2.78. The van der Waals surface area contributed by atoms with Gasteiger partial charge in [0.2, 0.25) is 0 Å². The molecule has 0 amide bonds. The topological polar surface area (TPSA) is 12.9 Å². The van der Waals surface area contributed by atoms with Gasteiger partial charge in [-0.1, -0.05) is 81.4 Å². The highest BCUT2D eigenvalue weighted by molar-refractivity contribution is 6.12. The maximum atomic E-state index is 4.90. The van der Waals surface area contributed by atoms with Gasteiger partial charge in [0, 0.05) is 17.1 Å². The van der Waals surface area contributed by atoms with Crippen LogP contribution in [0.1, 0.15) is 31.9 Å². The highest BCUT2D eigenvalue weighted by Crippen LogP contribution is 2.47. The molecule has 0 atom stereocenters. The van der Waals surface area contributed by atoms with Crippen molar-refractivity contribution in [1.29, 1.82) is 0 Å². The fourth-order valence-corrected chi connectivity index (χ4v) is 4.56. The fourth-order valence-electron chi connectivity index (χ4n) is 4.56. The molecule has 0 saturated carbocycles. The average molecular weight is 364 g/mol. The second kappa shape index (κ2) is 6.04. The summed E-state index contributed by atoms with van der Waals surface area (Å²) in [5, 5.41) is 2.57. The standard InChI is InChI=1S/C27H25N/c1-17-16-28-26-23-9-6-5-8-20(23)24-14-18(15-27(2,3)4)12-13-21(24)22-11-7-10-19(17)25(22)26/h5-14,16H,15H2,1-4H3. The summed E-state index contributed by atoms with van der Waals surface area (Å²) in [4.78, 5) is 4.90. The Morgan fingerprint density at radius 1 is 0.750 bits per heavy atom. The predicted molar refractivity (Wildman–Crippen MR) is 120 cm³/mol. The van der Waals surface area contributed by atoms with Gasteiger partial charge in [-0.25, -0.2) is 0 Å². The number of hydrogen-bond acceptors (Lipinski definition) is 1. The van der Waals surface area contributed by atoms with Crippen molar-refractivity contribution < 1.29 is 0 Å².